The zero-order valence-corrected chi connectivity index (χ0v) is 14.3. The molecule has 2 nitrogen and oxygen atoms in total. The second-order valence-electron chi connectivity index (χ2n) is 4.80. The van der Waals surface area contributed by atoms with Gasteiger partial charge < -0.3 is 9.47 Å². The Morgan fingerprint density at radius 2 is 2.10 bits per heavy atom. The molecule has 1 heterocycles. The van der Waals surface area contributed by atoms with Crippen molar-refractivity contribution in [3.8, 4) is 11.5 Å². The smallest absolute Gasteiger partial charge is 0.165 e. The van der Waals surface area contributed by atoms with E-state index < -0.39 is 0 Å². The minimum absolute atomic E-state index is 0.280. The standard InChI is InChI=1S/C16H13Br2FO2/c17-8-11-2-1-3-14(19)16(11)21-9-12-7-13(18)6-10-4-5-20-15(10)12/h1-3,6-7H,4-5,8-9H2. The van der Waals surface area contributed by atoms with Crippen LogP contribution in [0.3, 0.4) is 0 Å². The summed E-state index contributed by atoms with van der Waals surface area (Å²) in [6.07, 6.45) is 0.897. The van der Waals surface area contributed by atoms with Crippen molar-refractivity contribution in [1.82, 2.24) is 0 Å². The molecule has 5 heteroatoms. The van der Waals surface area contributed by atoms with Crippen molar-refractivity contribution in [2.75, 3.05) is 6.61 Å². The summed E-state index contributed by atoms with van der Waals surface area (Å²) in [5.41, 5.74) is 2.89. The summed E-state index contributed by atoms with van der Waals surface area (Å²) in [6.45, 7) is 0.966. The highest BCUT2D eigenvalue weighted by Gasteiger charge is 2.18. The molecular formula is C16H13Br2FO2. The number of alkyl halides is 1. The summed E-state index contributed by atoms with van der Waals surface area (Å²) >= 11 is 6.84. The average Bonchev–Trinajstić information content (AvgIpc) is 2.93. The van der Waals surface area contributed by atoms with Crippen LogP contribution in [0, 0.1) is 5.82 Å². The number of rotatable bonds is 4. The first-order chi connectivity index (χ1) is 10.2. The third-order valence-electron chi connectivity index (χ3n) is 3.39. The highest BCUT2D eigenvalue weighted by molar-refractivity contribution is 9.10. The van der Waals surface area contributed by atoms with Gasteiger partial charge in [-0.15, -0.1) is 0 Å². The van der Waals surface area contributed by atoms with Crippen LogP contribution in [-0.4, -0.2) is 6.61 Å². The Morgan fingerprint density at radius 3 is 2.90 bits per heavy atom. The fraction of sp³-hybridized carbons (Fsp3) is 0.250. The SMILES string of the molecule is Fc1cccc(CBr)c1OCc1cc(Br)cc2c1OCC2. The molecule has 2 aromatic rings. The summed E-state index contributed by atoms with van der Waals surface area (Å²) in [7, 11) is 0. The van der Waals surface area contributed by atoms with Crippen LogP contribution >= 0.6 is 31.9 Å². The van der Waals surface area contributed by atoms with Gasteiger partial charge in [-0.3, -0.25) is 0 Å². The molecule has 0 bridgehead atoms. The van der Waals surface area contributed by atoms with Gasteiger partial charge in [-0.05, 0) is 23.8 Å². The van der Waals surface area contributed by atoms with Gasteiger partial charge in [0.25, 0.3) is 0 Å². The van der Waals surface area contributed by atoms with Crippen molar-refractivity contribution < 1.29 is 13.9 Å². The van der Waals surface area contributed by atoms with Crippen LogP contribution < -0.4 is 9.47 Å². The number of hydrogen-bond acceptors (Lipinski definition) is 2. The van der Waals surface area contributed by atoms with Gasteiger partial charge in [0.15, 0.2) is 11.6 Å². The molecule has 110 valence electrons. The van der Waals surface area contributed by atoms with E-state index in [1.165, 1.54) is 6.07 Å². The van der Waals surface area contributed by atoms with E-state index in [4.69, 9.17) is 9.47 Å². The van der Waals surface area contributed by atoms with E-state index in [1.807, 2.05) is 12.1 Å². The molecule has 0 atom stereocenters. The van der Waals surface area contributed by atoms with E-state index in [9.17, 15) is 4.39 Å². The topological polar surface area (TPSA) is 18.5 Å². The van der Waals surface area contributed by atoms with Crippen LogP contribution in [0.25, 0.3) is 0 Å². The Labute approximate surface area is 139 Å². The minimum atomic E-state index is -0.348. The monoisotopic (exact) mass is 414 g/mol. The molecule has 0 fully saturated rings. The molecule has 0 aliphatic carbocycles. The molecule has 0 N–H and O–H groups in total. The summed E-state index contributed by atoms with van der Waals surface area (Å²) in [5.74, 6) is 0.815. The molecule has 2 aromatic carbocycles. The van der Waals surface area contributed by atoms with Gasteiger partial charge in [0.05, 0.1) is 6.61 Å². The van der Waals surface area contributed by atoms with Crippen LogP contribution in [0.4, 0.5) is 4.39 Å². The number of halogens is 3. The van der Waals surface area contributed by atoms with Gasteiger partial charge in [-0.2, -0.15) is 0 Å². The lowest BCUT2D eigenvalue weighted by Crippen LogP contribution is -2.02. The molecule has 3 rings (SSSR count). The second-order valence-corrected chi connectivity index (χ2v) is 6.28. The third-order valence-corrected chi connectivity index (χ3v) is 4.45. The van der Waals surface area contributed by atoms with E-state index in [0.717, 1.165) is 33.3 Å². The lowest BCUT2D eigenvalue weighted by Gasteiger charge is -2.13. The lowest BCUT2D eigenvalue weighted by molar-refractivity contribution is 0.277. The summed E-state index contributed by atoms with van der Waals surface area (Å²) in [5, 5.41) is 0.549. The fourth-order valence-corrected chi connectivity index (χ4v) is 3.42. The van der Waals surface area contributed by atoms with Gasteiger partial charge in [0, 0.05) is 27.4 Å². The zero-order chi connectivity index (χ0) is 14.8. The van der Waals surface area contributed by atoms with Crippen LogP contribution in [0.1, 0.15) is 16.7 Å². The molecular weight excluding hydrogens is 403 g/mol. The Kier molecular flexibility index (Phi) is 4.50. The highest BCUT2D eigenvalue weighted by Crippen LogP contribution is 2.34. The van der Waals surface area contributed by atoms with Gasteiger partial charge in [-0.1, -0.05) is 44.0 Å². The molecule has 0 spiro atoms. The quantitative estimate of drug-likeness (QED) is 0.654. The first-order valence-electron chi connectivity index (χ1n) is 6.59. The van der Waals surface area contributed by atoms with Crippen LogP contribution in [0.15, 0.2) is 34.8 Å². The normalized spacial score (nSPS) is 12.9. The number of para-hydroxylation sites is 1. The van der Waals surface area contributed by atoms with Crippen molar-refractivity contribution >= 4 is 31.9 Å². The molecule has 1 aliphatic rings. The molecule has 0 amide bonds. The van der Waals surface area contributed by atoms with Crippen molar-refractivity contribution in [2.45, 2.75) is 18.4 Å². The highest BCUT2D eigenvalue weighted by atomic mass is 79.9. The van der Waals surface area contributed by atoms with Crippen molar-refractivity contribution in [1.29, 1.82) is 0 Å². The Hall–Kier alpha value is -1.07. The zero-order valence-electron chi connectivity index (χ0n) is 11.2. The van der Waals surface area contributed by atoms with E-state index in [-0.39, 0.29) is 12.4 Å². The van der Waals surface area contributed by atoms with Crippen LogP contribution in [-0.2, 0) is 18.4 Å². The summed E-state index contributed by atoms with van der Waals surface area (Å²) in [6, 6.07) is 8.94. The third kappa shape index (κ3) is 3.09. The molecule has 0 aromatic heterocycles. The Bertz CT molecular complexity index is 674. The summed E-state index contributed by atoms with van der Waals surface area (Å²) < 4.78 is 26.3. The van der Waals surface area contributed by atoms with Crippen molar-refractivity contribution in [3.63, 3.8) is 0 Å². The predicted octanol–water partition coefficient (Wildman–Crippen LogP) is 5.00. The van der Waals surface area contributed by atoms with Gasteiger partial charge >= 0.3 is 0 Å². The fourth-order valence-electron chi connectivity index (χ4n) is 2.42. The molecule has 0 unspecified atom stereocenters. The van der Waals surface area contributed by atoms with Gasteiger partial charge in [0.1, 0.15) is 12.4 Å². The van der Waals surface area contributed by atoms with E-state index in [2.05, 4.69) is 37.9 Å². The van der Waals surface area contributed by atoms with Crippen molar-refractivity contribution in [2.24, 2.45) is 0 Å². The van der Waals surface area contributed by atoms with E-state index in [1.54, 1.807) is 6.07 Å². The number of hydrogen-bond donors (Lipinski definition) is 0. The second kappa shape index (κ2) is 6.36. The molecule has 0 radical (unpaired) electrons. The number of fused-ring (bicyclic) bond motifs is 1. The first-order valence-corrected chi connectivity index (χ1v) is 8.50. The average molecular weight is 416 g/mol. The first kappa shape index (κ1) is 14.9. The largest absolute Gasteiger partial charge is 0.493 e. The van der Waals surface area contributed by atoms with Crippen LogP contribution in [0.2, 0.25) is 0 Å². The van der Waals surface area contributed by atoms with Crippen LogP contribution in [0.5, 0.6) is 11.5 Å². The molecule has 1 aliphatic heterocycles. The van der Waals surface area contributed by atoms with Gasteiger partial charge in [-0.25, -0.2) is 4.39 Å². The minimum Gasteiger partial charge on any atom is -0.493 e. The van der Waals surface area contributed by atoms with Gasteiger partial charge in [0.2, 0.25) is 0 Å². The van der Waals surface area contributed by atoms with E-state index >= 15 is 0 Å². The number of ether oxygens (including phenoxy) is 2. The number of benzene rings is 2. The molecule has 21 heavy (non-hydrogen) atoms. The maximum absolute atomic E-state index is 13.9. The molecule has 0 saturated carbocycles. The Morgan fingerprint density at radius 1 is 1.24 bits per heavy atom. The maximum Gasteiger partial charge on any atom is 0.165 e. The molecule has 0 saturated heterocycles. The Balaban J connectivity index is 1.86. The maximum atomic E-state index is 13.9. The van der Waals surface area contributed by atoms with E-state index in [0.29, 0.717) is 17.7 Å². The summed E-state index contributed by atoms with van der Waals surface area (Å²) in [4.78, 5) is 0. The van der Waals surface area contributed by atoms with Crippen molar-refractivity contribution in [3.05, 3.63) is 57.3 Å². The predicted molar refractivity (Wildman–Crippen MR) is 86.7 cm³/mol. The lowest BCUT2D eigenvalue weighted by atomic mass is 10.1.